The van der Waals surface area contributed by atoms with E-state index >= 15 is 0 Å². The molecule has 1 unspecified atom stereocenters. The number of hydrogen-bond donors (Lipinski definition) is 0. The number of benzene rings is 2. The maximum Gasteiger partial charge on any atom is 0.177 e. The van der Waals surface area contributed by atoms with Gasteiger partial charge in [-0.15, -0.1) is 5.10 Å². The Bertz CT molecular complexity index is 1700. The molecule has 0 bridgehead atoms. The Kier molecular flexibility index (Phi) is 5.84. The molecule has 0 aliphatic carbocycles. The van der Waals surface area contributed by atoms with Gasteiger partial charge in [0.2, 0.25) is 0 Å². The molecule has 0 amide bonds. The van der Waals surface area contributed by atoms with Crippen molar-refractivity contribution in [2.24, 2.45) is 13.0 Å². The Hall–Kier alpha value is -3.56. The van der Waals surface area contributed by atoms with Gasteiger partial charge in [0, 0.05) is 43.7 Å². The second kappa shape index (κ2) is 9.08. The van der Waals surface area contributed by atoms with Crippen LogP contribution in [0.1, 0.15) is 30.1 Å². The average Bonchev–Trinajstić information content (AvgIpc) is 3.40. The minimum atomic E-state index is -3.43. The number of ether oxygens (including phenoxy) is 1. The van der Waals surface area contributed by atoms with Gasteiger partial charge in [0.15, 0.2) is 9.84 Å². The lowest BCUT2D eigenvalue weighted by Gasteiger charge is -2.33. The van der Waals surface area contributed by atoms with E-state index in [1.165, 1.54) is 18.0 Å². The van der Waals surface area contributed by atoms with Crippen LogP contribution in [0.4, 0.5) is 0 Å². The lowest BCUT2D eigenvalue weighted by Crippen LogP contribution is -2.27. The van der Waals surface area contributed by atoms with Crippen molar-refractivity contribution in [1.82, 2.24) is 24.5 Å². The van der Waals surface area contributed by atoms with Crippen LogP contribution in [0.3, 0.4) is 0 Å². The summed E-state index contributed by atoms with van der Waals surface area (Å²) >= 11 is 0. The number of sulfone groups is 1. The zero-order valence-electron chi connectivity index (χ0n) is 21.1. The van der Waals surface area contributed by atoms with Crippen LogP contribution in [0.25, 0.3) is 33.2 Å². The van der Waals surface area contributed by atoms with Gasteiger partial charge in [0.25, 0.3) is 0 Å². The molecule has 2 aromatic carbocycles. The van der Waals surface area contributed by atoms with E-state index < -0.39 is 9.84 Å². The summed E-state index contributed by atoms with van der Waals surface area (Å²) in [4.78, 5) is 4.91. The molecule has 1 saturated heterocycles. The summed E-state index contributed by atoms with van der Waals surface area (Å²) in [5.41, 5.74) is 6.60. The molecule has 8 nitrogen and oxygen atoms in total. The molecule has 9 heteroatoms. The summed E-state index contributed by atoms with van der Waals surface area (Å²) in [5, 5.41) is 9.43. The molecular formula is C28H29N5O3S. The third kappa shape index (κ3) is 4.12. The number of pyridine rings is 1. The van der Waals surface area contributed by atoms with Crippen LogP contribution < -0.4 is 0 Å². The first-order chi connectivity index (χ1) is 17.8. The third-order valence-corrected chi connectivity index (χ3v) is 8.52. The Morgan fingerprint density at radius 3 is 2.46 bits per heavy atom. The molecule has 190 valence electrons. The van der Waals surface area contributed by atoms with Gasteiger partial charge in [0.05, 0.1) is 38.9 Å². The van der Waals surface area contributed by atoms with Crippen molar-refractivity contribution in [1.29, 1.82) is 0 Å². The Morgan fingerprint density at radius 1 is 1.03 bits per heavy atom. The minimum Gasteiger partial charge on any atom is -0.381 e. The van der Waals surface area contributed by atoms with E-state index in [-0.39, 0.29) is 10.9 Å². The van der Waals surface area contributed by atoms with Gasteiger partial charge >= 0.3 is 0 Å². The molecule has 1 atom stereocenters. The van der Waals surface area contributed by atoms with Gasteiger partial charge in [-0.05, 0) is 49.4 Å². The second-order valence-corrected chi connectivity index (χ2v) is 11.9. The number of hydrogen-bond acceptors (Lipinski definition) is 6. The van der Waals surface area contributed by atoms with Crippen LogP contribution in [0.2, 0.25) is 0 Å². The molecule has 0 N–H and O–H groups in total. The van der Waals surface area contributed by atoms with Crippen LogP contribution in [-0.2, 0) is 21.6 Å². The van der Waals surface area contributed by atoms with Crippen LogP contribution in [-0.4, -0.2) is 52.4 Å². The van der Waals surface area contributed by atoms with Crippen molar-refractivity contribution in [3.8, 4) is 11.3 Å². The van der Waals surface area contributed by atoms with Crippen molar-refractivity contribution >= 4 is 31.8 Å². The lowest BCUT2D eigenvalue weighted by atomic mass is 9.86. The molecular weight excluding hydrogens is 486 g/mol. The smallest absolute Gasteiger partial charge is 0.177 e. The Labute approximate surface area is 215 Å². The van der Waals surface area contributed by atoms with E-state index in [2.05, 4.69) is 57.3 Å². The first kappa shape index (κ1) is 23.8. The number of aromatic nitrogens is 5. The van der Waals surface area contributed by atoms with Gasteiger partial charge < -0.3 is 9.30 Å². The van der Waals surface area contributed by atoms with E-state index in [4.69, 9.17) is 9.72 Å². The molecule has 0 spiro atoms. The maximum absolute atomic E-state index is 12.5. The predicted molar refractivity (Wildman–Crippen MR) is 143 cm³/mol. The summed E-state index contributed by atoms with van der Waals surface area (Å²) in [6.07, 6.45) is 4.54. The van der Waals surface area contributed by atoms with Gasteiger partial charge in [-0.25, -0.2) is 13.1 Å². The minimum absolute atomic E-state index is 0.0114. The van der Waals surface area contributed by atoms with Crippen LogP contribution >= 0.6 is 0 Å². The van der Waals surface area contributed by atoms with Gasteiger partial charge in [-0.2, -0.15) is 0 Å². The van der Waals surface area contributed by atoms with Crippen molar-refractivity contribution in [2.45, 2.75) is 30.7 Å². The average molecular weight is 516 g/mol. The molecule has 1 fully saturated rings. The number of nitrogens with zero attached hydrogens (tertiary/aromatic N) is 5. The number of rotatable bonds is 5. The zero-order chi connectivity index (χ0) is 25.7. The van der Waals surface area contributed by atoms with Crippen LogP contribution in [0.15, 0.2) is 65.7 Å². The molecule has 3 aromatic heterocycles. The summed E-state index contributed by atoms with van der Waals surface area (Å²) in [6, 6.07) is 18.5. The fourth-order valence-electron chi connectivity index (χ4n) is 5.71. The summed E-state index contributed by atoms with van der Waals surface area (Å²) < 4.78 is 34.9. The van der Waals surface area contributed by atoms with E-state index in [9.17, 15) is 8.42 Å². The number of fused-ring (bicyclic) bond motifs is 3. The van der Waals surface area contributed by atoms with E-state index in [1.807, 2.05) is 20.0 Å². The normalized spacial score (nSPS) is 16.0. The molecule has 5 aromatic rings. The highest BCUT2D eigenvalue weighted by molar-refractivity contribution is 7.90. The predicted octanol–water partition coefficient (Wildman–Crippen LogP) is 4.71. The van der Waals surface area contributed by atoms with E-state index in [0.717, 1.165) is 51.7 Å². The quantitative estimate of drug-likeness (QED) is 0.337. The fraction of sp³-hybridized carbons (Fsp3) is 0.321. The highest BCUT2D eigenvalue weighted by Crippen LogP contribution is 2.41. The van der Waals surface area contributed by atoms with Gasteiger partial charge in [0.1, 0.15) is 0 Å². The van der Waals surface area contributed by atoms with Gasteiger partial charge in [-0.1, -0.05) is 41.6 Å². The highest BCUT2D eigenvalue weighted by atomic mass is 32.2. The van der Waals surface area contributed by atoms with Crippen LogP contribution in [0, 0.1) is 12.8 Å². The van der Waals surface area contributed by atoms with E-state index in [0.29, 0.717) is 19.1 Å². The molecule has 1 aliphatic rings. The summed E-state index contributed by atoms with van der Waals surface area (Å²) in [7, 11) is -1.54. The monoisotopic (exact) mass is 515 g/mol. The van der Waals surface area contributed by atoms with Crippen molar-refractivity contribution in [3.63, 3.8) is 0 Å². The third-order valence-electron chi connectivity index (χ3n) is 7.44. The van der Waals surface area contributed by atoms with Crippen molar-refractivity contribution in [2.75, 3.05) is 19.5 Å². The van der Waals surface area contributed by atoms with Crippen molar-refractivity contribution < 1.29 is 13.2 Å². The maximum atomic E-state index is 12.5. The number of aryl methyl sites for hydroxylation is 2. The standard InChI is InChI=1S/C28H29N5O3S/c1-18-27(32(2)31-30-18)21-9-10-23-24(15-21)33(25-16-22(37(3,34)35)17-29-26(23)25)28(19-7-5-4-6-8-19)20-11-13-36-14-12-20/h4-10,15-17,20,28H,11-14H2,1-3H3. The topological polar surface area (TPSA) is 91.9 Å². The van der Waals surface area contributed by atoms with Crippen LogP contribution in [0.5, 0.6) is 0 Å². The van der Waals surface area contributed by atoms with Crippen molar-refractivity contribution in [3.05, 3.63) is 72.1 Å². The molecule has 6 rings (SSSR count). The summed E-state index contributed by atoms with van der Waals surface area (Å²) in [5.74, 6) is 0.320. The summed E-state index contributed by atoms with van der Waals surface area (Å²) in [6.45, 7) is 3.38. The second-order valence-electron chi connectivity index (χ2n) is 9.87. The zero-order valence-corrected chi connectivity index (χ0v) is 21.9. The first-order valence-corrected chi connectivity index (χ1v) is 14.3. The largest absolute Gasteiger partial charge is 0.381 e. The Balaban J connectivity index is 1.71. The van der Waals surface area contributed by atoms with E-state index in [1.54, 1.807) is 10.7 Å². The Morgan fingerprint density at radius 2 is 1.78 bits per heavy atom. The SMILES string of the molecule is Cc1nnn(C)c1-c1ccc2c3ncc(S(C)(=O)=O)cc3n(C(c3ccccc3)C3CCOCC3)c2c1. The molecule has 0 saturated carbocycles. The molecule has 37 heavy (non-hydrogen) atoms. The lowest BCUT2D eigenvalue weighted by molar-refractivity contribution is 0.0553. The molecule has 0 radical (unpaired) electrons. The molecule has 1 aliphatic heterocycles. The first-order valence-electron chi connectivity index (χ1n) is 12.5. The molecule has 4 heterocycles. The fourth-order valence-corrected chi connectivity index (χ4v) is 6.28. The highest BCUT2D eigenvalue weighted by Gasteiger charge is 2.30. The van der Waals surface area contributed by atoms with Gasteiger partial charge in [-0.3, -0.25) is 4.98 Å².